The average molecular weight is 214 g/mol. The molecular formula is C10H18N2O3. The highest BCUT2D eigenvalue weighted by Crippen LogP contribution is 2.27. The molecule has 0 unspecified atom stereocenters. The number of ether oxygens (including phenoxy) is 1. The summed E-state index contributed by atoms with van der Waals surface area (Å²) in [6, 6.07) is -0.155. The fraction of sp³-hybridized carbons (Fsp3) is 0.800. The van der Waals surface area contributed by atoms with Gasteiger partial charge in [0.1, 0.15) is 5.60 Å². The van der Waals surface area contributed by atoms with Crippen LogP contribution < -0.4 is 11.1 Å². The third-order valence-corrected chi connectivity index (χ3v) is 2.34. The zero-order valence-electron chi connectivity index (χ0n) is 9.37. The van der Waals surface area contributed by atoms with E-state index in [-0.39, 0.29) is 17.9 Å². The number of primary amides is 1. The SMILES string of the molecule is CC(C)(C)OC(=O)N[C@@H]1CC[C@H]1C(N)=O. The van der Waals surface area contributed by atoms with Gasteiger partial charge in [-0.1, -0.05) is 0 Å². The van der Waals surface area contributed by atoms with Crippen LogP contribution >= 0.6 is 0 Å². The molecule has 1 aliphatic rings. The number of carbonyl (C=O) groups is 2. The molecule has 2 atom stereocenters. The van der Waals surface area contributed by atoms with Gasteiger partial charge in [-0.2, -0.15) is 0 Å². The predicted octanol–water partition coefficient (Wildman–Crippen LogP) is 0.775. The van der Waals surface area contributed by atoms with E-state index >= 15 is 0 Å². The van der Waals surface area contributed by atoms with Gasteiger partial charge >= 0.3 is 6.09 Å². The number of amides is 2. The van der Waals surface area contributed by atoms with Crippen molar-refractivity contribution in [2.24, 2.45) is 11.7 Å². The van der Waals surface area contributed by atoms with E-state index in [4.69, 9.17) is 10.5 Å². The minimum absolute atomic E-state index is 0.155. The second-order valence-corrected chi connectivity index (χ2v) is 4.84. The summed E-state index contributed by atoms with van der Waals surface area (Å²) in [5.74, 6) is -0.597. The van der Waals surface area contributed by atoms with Gasteiger partial charge in [0.15, 0.2) is 0 Å². The molecule has 0 radical (unpaired) electrons. The lowest BCUT2D eigenvalue weighted by atomic mass is 9.79. The van der Waals surface area contributed by atoms with Gasteiger partial charge in [-0.05, 0) is 33.6 Å². The largest absolute Gasteiger partial charge is 0.444 e. The summed E-state index contributed by atoms with van der Waals surface area (Å²) in [5, 5.41) is 2.64. The number of nitrogens with two attached hydrogens (primary N) is 1. The predicted molar refractivity (Wildman–Crippen MR) is 55.1 cm³/mol. The quantitative estimate of drug-likeness (QED) is 0.712. The molecule has 1 saturated carbocycles. The molecular weight excluding hydrogens is 196 g/mol. The van der Waals surface area contributed by atoms with Gasteiger partial charge in [0.25, 0.3) is 0 Å². The van der Waals surface area contributed by atoms with Gasteiger partial charge in [0, 0.05) is 6.04 Å². The Morgan fingerprint density at radius 2 is 1.93 bits per heavy atom. The summed E-state index contributed by atoms with van der Waals surface area (Å²) in [5.41, 5.74) is 4.64. The van der Waals surface area contributed by atoms with E-state index in [0.29, 0.717) is 0 Å². The molecule has 0 bridgehead atoms. The molecule has 1 aliphatic carbocycles. The highest BCUT2D eigenvalue weighted by Gasteiger charge is 2.36. The number of alkyl carbamates (subject to hydrolysis) is 1. The van der Waals surface area contributed by atoms with Crippen molar-refractivity contribution in [2.45, 2.75) is 45.3 Å². The Hall–Kier alpha value is -1.26. The van der Waals surface area contributed by atoms with Crippen LogP contribution in [0.4, 0.5) is 4.79 Å². The van der Waals surface area contributed by atoms with Gasteiger partial charge in [0.05, 0.1) is 5.92 Å². The van der Waals surface area contributed by atoms with Crippen LogP contribution in [0.1, 0.15) is 33.6 Å². The van der Waals surface area contributed by atoms with Crippen molar-refractivity contribution < 1.29 is 14.3 Å². The third-order valence-electron chi connectivity index (χ3n) is 2.34. The topological polar surface area (TPSA) is 81.4 Å². The first-order valence-corrected chi connectivity index (χ1v) is 5.08. The van der Waals surface area contributed by atoms with Crippen molar-refractivity contribution in [1.82, 2.24) is 5.32 Å². The molecule has 3 N–H and O–H groups in total. The van der Waals surface area contributed by atoms with Gasteiger partial charge < -0.3 is 15.8 Å². The van der Waals surface area contributed by atoms with Crippen LogP contribution in [-0.2, 0) is 9.53 Å². The molecule has 0 aliphatic heterocycles. The Labute approximate surface area is 89.3 Å². The van der Waals surface area contributed by atoms with Crippen molar-refractivity contribution in [1.29, 1.82) is 0 Å². The fourth-order valence-electron chi connectivity index (χ4n) is 1.47. The van der Waals surface area contributed by atoms with Crippen LogP contribution in [0.2, 0.25) is 0 Å². The lowest BCUT2D eigenvalue weighted by Crippen LogP contribution is -2.52. The van der Waals surface area contributed by atoms with Crippen LogP contribution in [0, 0.1) is 5.92 Å². The van der Waals surface area contributed by atoms with Crippen LogP contribution in [0.3, 0.4) is 0 Å². The summed E-state index contributed by atoms with van der Waals surface area (Å²) >= 11 is 0. The summed E-state index contributed by atoms with van der Waals surface area (Å²) in [6.07, 6.45) is 1.04. The molecule has 0 aromatic rings. The first kappa shape index (κ1) is 11.8. The van der Waals surface area contributed by atoms with E-state index in [1.54, 1.807) is 20.8 Å². The number of rotatable bonds is 2. The molecule has 15 heavy (non-hydrogen) atoms. The molecule has 2 amide bonds. The van der Waals surface area contributed by atoms with E-state index in [0.717, 1.165) is 12.8 Å². The zero-order chi connectivity index (χ0) is 11.6. The molecule has 0 aromatic carbocycles. The molecule has 5 heteroatoms. The van der Waals surface area contributed by atoms with Crippen molar-refractivity contribution in [3.05, 3.63) is 0 Å². The molecule has 0 spiro atoms. The van der Waals surface area contributed by atoms with E-state index in [1.165, 1.54) is 0 Å². The van der Waals surface area contributed by atoms with Gasteiger partial charge in [0.2, 0.25) is 5.91 Å². The standard InChI is InChI=1S/C10H18N2O3/c1-10(2,3)15-9(14)12-7-5-4-6(7)8(11)13/h6-7H,4-5H2,1-3H3,(H2,11,13)(H,12,14)/t6-,7-/m1/s1. The average Bonchev–Trinajstić information content (AvgIpc) is 1.93. The third kappa shape index (κ3) is 3.42. The maximum absolute atomic E-state index is 11.3. The second-order valence-electron chi connectivity index (χ2n) is 4.84. The fourth-order valence-corrected chi connectivity index (χ4v) is 1.47. The Morgan fingerprint density at radius 3 is 2.27 bits per heavy atom. The first-order valence-electron chi connectivity index (χ1n) is 5.08. The maximum atomic E-state index is 11.3. The van der Waals surface area contributed by atoms with E-state index in [9.17, 15) is 9.59 Å². The highest BCUT2D eigenvalue weighted by molar-refractivity contribution is 5.79. The van der Waals surface area contributed by atoms with Crippen molar-refractivity contribution >= 4 is 12.0 Å². The molecule has 1 fully saturated rings. The summed E-state index contributed by atoms with van der Waals surface area (Å²) in [7, 11) is 0. The number of carbonyl (C=O) groups excluding carboxylic acids is 2. The molecule has 0 heterocycles. The van der Waals surface area contributed by atoms with Crippen LogP contribution in [-0.4, -0.2) is 23.6 Å². The van der Waals surface area contributed by atoms with E-state index < -0.39 is 11.7 Å². The summed E-state index contributed by atoms with van der Waals surface area (Å²) in [6.45, 7) is 5.37. The number of hydrogen-bond acceptors (Lipinski definition) is 3. The Morgan fingerprint density at radius 1 is 1.33 bits per heavy atom. The maximum Gasteiger partial charge on any atom is 0.407 e. The van der Waals surface area contributed by atoms with Gasteiger partial charge in [-0.15, -0.1) is 0 Å². The lowest BCUT2D eigenvalue weighted by molar-refractivity contribution is -0.125. The molecule has 0 aromatic heterocycles. The lowest BCUT2D eigenvalue weighted by Gasteiger charge is -2.35. The van der Waals surface area contributed by atoms with Gasteiger partial charge in [-0.25, -0.2) is 4.79 Å². The monoisotopic (exact) mass is 214 g/mol. The molecule has 86 valence electrons. The Balaban J connectivity index is 2.36. The molecule has 5 nitrogen and oxygen atoms in total. The van der Waals surface area contributed by atoms with Crippen LogP contribution in [0.15, 0.2) is 0 Å². The second kappa shape index (κ2) is 4.08. The molecule has 0 saturated heterocycles. The minimum atomic E-state index is -0.518. The van der Waals surface area contributed by atoms with Crippen molar-refractivity contribution in [2.75, 3.05) is 0 Å². The Bertz CT molecular complexity index is 270. The van der Waals surface area contributed by atoms with Crippen LogP contribution in [0.5, 0.6) is 0 Å². The van der Waals surface area contributed by atoms with E-state index in [2.05, 4.69) is 5.32 Å². The van der Waals surface area contributed by atoms with Crippen molar-refractivity contribution in [3.63, 3.8) is 0 Å². The van der Waals surface area contributed by atoms with Gasteiger partial charge in [-0.3, -0.25) is 4.79 Å². The smallest absolute Gasteiger partial charge is 0.407 e. The number of nitrogens with one attached hydrogen (secondary N) is 1. The zero-order valence-corrected chi connectivity index (χ0v) is 9.37. The Kier molecular flexibility index (Phi) is 3.21. The summed E-state index contributed by atoms with van der Waals surface area (Å²) in [4.78, 5) is 22.2. The van der Waals surface area contributed by atoms with E-state index in [1.807, 2.05) is 0 Å². The highest BCUT2D eigenvalue weighted by atomic mass is 16.6. The molecule has 1 rings (SSSR count). The normalized spacial score (nSPS) is 25.3. The van der Waals surface area contributed by atoms with Crippen LogP contribution in [0.25, 0.3) is 0 Å². The number of hydrogen-bond donors (Lipinski definition) is 2. The minimum Gasteiger partial charge on any atom is -0.444 e. The summed E-state index contributed by atoms with van der Waals surface area (Å²) < 4.78 is 5.07. The van der Waals surface area contributed by atoms with Crippen molar-refractivity contribution in [3.8, 4) is 0 Å². The first-order chi connectivity index (χ1) is 6.79.